The largest absolute Gasteiger partial charge is 0.393 e. The van der Waals surface area contributed by atoms with Gasteiger partial charge in [-0.2, -0.15) is 0 Å². The lowest BCUT2D eigenvalue weighted by molar-refractivity contribution is -0.133. The molecule has 0 aromatic heterocycles. The predicted octanol–water partition coefficient (Wildman–Crippen LogP) is 2.26. The lowest BCUT2D eigenvalue weighted by Gasteiger charge is -2.37. The molecule has 1 amide bonds. The monoisotopic (exact) mass is 282 g/mol. The van der Waals surface area contributed by atoms with Crippen LogP contribution in [-0.2, 0) is 4.79 Å². The van der Waals surface area contributed by atoms with Gasteiger partial charge in [0.25, 0.3) is 0 Å². The summed E-state index contributed by atoms with van der Waals surface area (Å²) in [6, 6.07) is 0.333. The van der Waals surface area contributed by atoms with E-state index in [1.807, 2.05) is 0 Å². The highest BCUT2D eigenvalue weighted by Crippen LogP contribution is 2.30. The molecule has 0 bridgehead atoms. The first-order valence-electron chi connectivity index (χ1n) is 8.29. The summed E-state index contributed by atoms with van der Waals surface area (Å²) in [6.45, 7) is 6.55. The summed E-state index contributed by atoms with van der Waals surface area (Å²) in [5, 5.41) is 13.2. The van der Waals surface area contributed by atoms with Gasteiger partial charge in [-0.15, -0.1) is 0 Å². The minimum atomic E-state index is -0.160. The average molecular weight is 282 g/mol. The van der Waals surface area contributed by atoms with Crippen molar-refractivity contribution in [1.82, 2.24) is 10.2 Å². The van der Waals surface area contributed by atoms with E-state index in [0.29, 0.717) is 17.9 Å². The quantitative estimate of drug-likeness (QED) is 0.813. The van der Waals surface area contributed by atoms with Gasteiger partial charge in [-0.1, -0.05) is 27.2 Å². The second-order valence-electron chi connectivity index (χ2n) is 6.86. The smallest absolute Gasteiger partial charge is 0.241 e. The molecule has 2 atom stereocenters. The van der Waals surface area contributed by atoms with Crippen molar-refractivity contribution in [3.05, 3.63) is 0 Å². The maximum Gasteiger partial charge on any atom is 0.241 e. The van der Waals surface area contributed by atoms with E-state index in [0.717, 1.165) is 44.9 Å². The van der Waals surface area contributed by atoms with Gasteiger partial charge in [0.1, 0.15) is 0 Å². The van der Waals surface area contributed by atoms with Crippen LogP contribution in [-0.4, -0.2) is 40.3 Å². The normalized spacial score (nSPS) is 35.0. The average Bonchev–Trinajstić information content (AvgIpc) is 2.67. The number of rotatable bonds is 5. The maximum atomic E-state index is 12.7. The van der Waals surface area contributed by atoms with Crippen molar-refractivity contribution in [1.29, 1.82) is 0 Å². The zero-order chi connectivity index (χ0) is 14.7. The molecule has 2 N–H and O–H groups in total. The summed E-state index contributed by atoms with van der Waals surface area (Å²) in [7, 11) is 0. The number of hydrogen-bond acceptors (Lipinski definition) is 3. The van der Waals surface area contributed by atoms with Crippen LogP contribution in [0.2, 0.25) is 0 Å². The number of aliphatic hydroxyl groups excluding tert-OH is 1. The Balaban J connectivity index is 2.06. The van der Waals surface area contributed by atoms with Crippen LogP contribution in [0.15, 0.2) is 0 Å². The first-order chi connectivity index (χ1) is 9.52. The van der Waals surface area contributed by atoms with Crippen molar-refractivity contribution in [2.45, 2.75) is 90.1 Å². The van der Waals surface area contributed by atoms with Crippen LogP contribution in [0, 0.1) is 5.92 Å². The zero-order valence-electron chi connectivity index (χ0n) is 13.1. The van der Waals surface area contributed by atoms with Crippen LogP contribution in [0.4, 0.5) is 0 Å². The van der Waals surface area contributed by atoms with Crippen molar-refractivity contribution < 1.29 is 9.90 Å². The van der Waals surface area contributed by atoms with Crippen molar-refractivity contribution in [2.24, 2.45) is 5.92 Å². The lowest BCUT2D eigenvalue weighted by Crippen LogP contribution is -2.47. The Labute approximate surface area is 122 Å². The Hall–Kier alpha value is -0.610. The van der Waals surface area contributed by atoms with Crippen LogP contribution in [0.1, 0.15) is 65.7 Å². The number of hydrogen-bond donors (Lipinski definition) is 2. The lowest BCUT2D eigenvalue weighted by atomic mass is 9.91. The standard InChI is InChI=1S/C16H30N2O2/c1-4-5-14-16(20)18(15(17-14)10-11(2)3)12-6-8-13(19)9-7-12/h11-15,17,19H,4-10H2,1-3H3. The minimum Gasteiger partial charge on any atom is -0.393 e. The molecule has 0 aromatic rings. The van der Waals surface area contributed by atoms with E-state index >= 15 is 0 Å². The molecule has 2 rings (SSSR count). The van der Waals surface area contributed by atoms with Crippen molar-refractivity contribution >= 4 is 5.91 Å². The van der Waals surface area contributed by atoms with Gasteiger partial charge in [0.2, 0.25) is 5.91 Å². The highest BCUT2D eigenvalue weighted by molar-refractivity contribution is 5.84. The van der Waals surface area contributed by atoms with E-state index in [9.17, 15) is 9.90 Å². The summed E-state index contributed by atoms with van der Waals surface area (Å²) < 4.78 is 0. The Morgan fingerprint density at radius 3 is 2.50 bits per heavy atom. The molecule has 1 aliphatic heterocycles. The van der Waals surface area contributed by atoms with E-state index in [4.69, 9.17) is 0 Å². The summed E-state index contributed by atoms with van der Waals surface area (Å²) in [6.07, 6.45) is 6.58. The van der Waals surface area contributed by atoms with Gasteiger partial charge in [-0.05, 0) is 44.4 Å². The third-order valence-corrected chi connectivity index (χ3v) is 4.61. The Morgan fingerprint density at radius 1 is 1.30 bits per heavy atom. The first-order valence-corrected chi connectivity index (χ1v) is 8.29. The van der Waals surface area contributed by atoms with Crippen LogP contribution < -0.4 is 5.32 Å². The number of carbonyl (C=O) groups excluding carboxylic acids is 1. The SMILES string of the molecule is CCCC1NC(CC(C)C)N(C2CCC(O)CC2)C1=O. The summed E-state index contributed by atoms with van der Waals surface area (Å²) >= 11 is 0. The summed E-state index contributed by atoms with van der Waals surface area (Å²) in [5.41, 5.74) is 0. The third kappa shape index (κ3) is 3.53. The number of amides is 1. The van der Waals surface area contributed by atoms with Crippen molar-refractivity contribution in [3.8, 4) is 0 Å². The van der Waals surface area contributed by atoms with Crippen LogP contribution >= 0.6 is 0 Å². The Kier molecular flexibility index (Phi) is 5.44. The predicted molar refractivity (Wildman–Crippen MR) is 80.2 cm³/mol. The fourth-order valence-electron chi connectivity index (χ4n) is 3.61. The molecule has 1 aliphatic carbocycles. The molecule has 2 aliphatic rings. The molecular weight excluding hydrogens is 252 g/mol. The van der Waals surface area contributed by atoms with E-state index in [1.165, 1.54) is 0 Å². The van der Waals surface area contributed by atoms with Gasteiger partial charge >= 0.3 is 0 Å². The Morgan fingerprint density at radius 2 is 1.95 bits per heavy atom. The second kappa shape index (κ2) is 6.90. The highest BCUT2D eigenvalue weighted by Gasteiger charge is 2.42. The molecule has 4 heteroatoms. The molecule has 0 radical (unpaired) electrons. The van der Waals surface area contributed by atoms with E-state index in [1.54, 1.807) is 0 Å². The van der Waals surface area contributed by atoms with Crippen LogP contribution in [0.25, 0.3) is 0 Å². The summed E-state index contributed by atoms with van der Waals surface area (Å²) in [5.74, 6) is 0.872. The van der Waals surface area contributed by atoms with Gasteiger partial charge in [-0.25, -0.2) is 0 Å². The molecule has 0 aromatic carbocycles. The fourth-order valence-corrected chi connectivity index (χ4v) is 3.61. The van der Waals surface area contributed by atoms with Crippen LogP contribution in [0.5, 0.6) is 0 Å². The molecule has 4 nitrogen and oxygen atoms in total. The molecule has 20 heavy (non-hydrogen) atoms. The number of nitrogens with one attached hydrogen (secondary N) is 1. The molecule has 0 spiro atoms. The molecule has 1 saturated carbocycles. The maximum absolute atomic E-state index is 12.7. The first kappa shape index (κ1) is 15.8. The van der Waals surface area contributed by atoms with Gasteiger partial charge in [-0.3, -0.25) is 10.1 Å². The van der Waals surface area contributed by atoms with E-state index in [2.05, 4.69) is 31.0 Å². The molecule has 1 heterocycles. The number of nitrogens with zero attached hydrogens (tertiary/aromatic N) is 1. The van der Waals surface area contributed by atoms with Gasteiger partial charge < -0.3 is 10.0 Å². The topological polar surface area (TPSA) is 52.6 Å². The van der Waals surface area contributed by atoms with Crippen LogP contribution in [0.3, 0.4) is 0 Å². The zero-order valence-corrected chi connectivity index (χ0v) is 13.1. The third-order valence-electron chi connectivity index (χ3n) is 4.61. The number of carbonyl (C=O) groups is 1. The van der Waals surface area contributed by atoms with Gasteiger partial charge in [0, 0.05) is 6.04 Å². The molecule has 2 fully saturated rings. The Bertz CT molecular complexity index is 324. The summed E-state index contributed by atoms with van der Waals surface area (Å²) in [4.78, 5) is 14.8. The number of aliphatic hydroxyl groups is 1. The molecule has 1 saturated heterocycles. The highest BCUT2D eigenvalue weighted by atomic mass is 16.3. The second-order valence-corrected chi connectivity index (χ2v) is 6.86. The van der Waals surface area contributed by atoms with Crippen molar-refractivity contribution in [3.63, 3.8) is 0 Å². The van der Waals surface area contributed by atoms with Crippen molar-refractivity contribution in [2.75, 3.05) is 0 Å². The van der Waals surface area contributed by atoms with Gasteiger partial charge in [0.15, 0.2) is 0 Å². The van der Waals surface area contributed by atoms with Gasteiger partial charge in [0.05, 0.1) is 18.3 Å². The molecular formula is C16H30N2O2. The minimum absolute atomic E-state index is 0.00981. The van der Waals surface area contributed by atoms with E-state index < -0.39 is 0 Å². The van der Waals surface area contributed by atoms with E-state index in [-0.39, 0.29) is 18.3 Å². The molecule has 2 unspecified atom stereocenters. The fraction of sp³-hybridized carbons (Fsp3) is 0.938. The molecule has 116 valence electrons.